The van der Waals surface area contributed by atoms with Crippen molar-refractivity contribution in [3.05, 3.63) is 28.0 Å². The van der Waals surface area contributed by atoms with E-state index in [4.69, 9.17) is 15.7 Å². The van der Waals surface area contributed by atoms with Gasteiger partial charge in [0, 0.05) is 6.54 Å². The van der Waals surface area contributed by atoms with Gasteiger partial charge in [-0.2, -0.15) is 10.4 Å². The molecule has 9 nitrogen and oxygen atoms in total. The lowest BCUT2D eigenvalue weighted by atomic mass is 10.1. The van der Waals surface area contributed by atoms with Gasteiger partial charge in [0.05, 0.1) is 17.7 Å². The Balaban J connectivity index is 1.72. The number of fused-ring (bicyclic) bond motifs is 1. The van der Waals surface area contributed by atoms with Crippen molar-refractivity contribution in [2.24, 2.45) is 0 Å². The molecule has 0 radical (unpaired) electrons. The molecule has 27 heavy (non-hydrogen) atoms. The number of nitriles is 1. The summed E-state index contributed by atoms with van der Waals surface area (Å²) in [6.07, 6.45) is 2.85. The molecule has 0 aliphatic rings. The maximum absolute atomic E-state index is 12.1. The highest BCUT2D eigenvalue weighted by Crippen LogP contribution is 2.33. The molecular weight excluding hydrogens is 366 g/mol. The van der Waals surface area contributed by atoms with Gasteiger partial charge in [0.1, 0.15) is 33.5 Å². The molecule has 0 spiro atoms. The Morgan fingerprint density at radius 1 is 1.48 bits per heavy atom. The van der Waals surface area contributed by atoms with E-state index in [0.717, 1.165) is 27.9 Å². The molecule has 0 atom stereocenters. The molecule has 0 saturated carbocycles. The van der Waals surface area contributed by atoms with E-state index in [9.17, 15) is 4.79 Å². The van der Waals surface area contributed by atoms with Crippen LogP contribution in [0.4, 0.5) is 11.6 Å². The largest absolute Gasteiger partial charge is 0.462 e. The first-order chi connectivity index (χ1) is 13.1. The zero-order valence-corrected chi connectivity index (χ0v) is 15.8. The van der Waals surface area contributed by atoms with E-state index in [2.05, 4.69) is 31.6 Å². The van der Waals surface area contributed by atoms with Gasteiger partial charge >= 0.3 is 5.97 Å². The maximum Gasteiger partial charge on any atom is 0.348 e. The van der Waals surface area contributed by atoms with Crippen LogP contribution in [0.3, 0.4) is 0 Å². The van der Waals surface area contributed by atoms with E-state index >= 15 is 0 Å². The van der Waals surface area contributed by atoms with Crippen molar-refractivity contribution in [1.82, 2.24) is 20.2 Å². The minimum atomic E-state index is -0.343. The second-order valence-electron chi connectivity index (χ2n) is 5.78. The van der Waals surface area contributed by atoms with E-state index in [1.54, 1.807) is 6.92 Å². The average molecular weight is 385 g/mol. The van der Waals surface area contributed by atoms with Gasteiger partial charge in [0.25, 0.3) is 0 Å². The van der Waals surface area contributed by atoms with Crippen molar-refractivity contribution in [3.8, 4) is 6.07 Å². The molecule has 0 unspecified atom stereocenters. The Kier molecular flexibility index (Phi) is 5.52. The van der Waals surface area contributed by atoms with Gasteiger partial charge in [-0.3, -0.25) is 5.10 Å². The number of thiophene rings is 1. The fourth-order valence-corrected chi connectivity index (χ4v) is 3.81. The van der Waals surface area contributed by atoms with E-state index < -0.39 is 0 Å². The molecule has 0 amide bonds. The lowest BCUT2D eigenvalue weighted by Crippen LogP contribution is -2.06. The standard InChI is InChI=1S/C17H19N7O2S/c1-3-26-17(25)13-9(2)12-15(21-8-22-16(12)27-13)20-6-4-5-11-10(7-18)14(19)24-23-11/h8H,3-6H2,1-2H3,(H3,19,23,24)(H,20,21,22). The van der Waals surface area contributed by atoms with Crippen LogP contribution in [0.25, 0.3) is 10.2 Å². The Morgan fingerprint density at radius 2 is 2.30 bits per heavy atom. The smallest absolute Gasteiger partial charge is 0.348 e. The summed E-state index contributed by atoms with van der Waals surface area (Å²) in [5, 5.41) is 19.9. The van der Waals surface area contributed by atoms with Gasteiger partial charge in [0.15, 0.2) is 5.82 Å². The quantitative estimate of drug-likeness (QED) is 0.415. The fraction of sp³-hybridized carbons (Fsp3) is 0.353. The maximum atomic E-state index is 12.1. The summed E-state index contributed by atoms with van der Waals surface area (Å²) in [4.78, 5) is 22.0. The van der Waals surface area contributed by atoms with Crippen LogP contribution in [0.1, 0.15) is 39.8 Å². The number of carbonyl (C=O) groups is 1. The number of nitrogens with two attached hydrogens (primary N) is 1. The summed E-state index contributed by atoms with van der Waals surface area (Å²) in [5.41, 5.74) is 7.57. The highest BCUT2D eigenvalue weighted by Gasteiger charge is 2.20. The van der Waals surface area contributed by atoms with Crippen LogP contribution in [0.2, 0.25) is 0 Å². The molecule has 10 heteroatoms. The summed E-state index contributed by atoms with van der Waals surface area (Å²) in [6.45, 7) is 4.59. The number of nitrogens with zero attached hydrogens (tertiary/aromatic N) is 4. The number of ether oxygens (including phenoxy) is 1. The van der Waals surface area contributed by atoms with Gasteiger partial charge in [-0.15, -0.1) is 11.3 Å². The van der Waals surface area contributed by atoms with Crippen LogP contribution in [-0.4, -0.2) is 39.3 Å². The summed E-state index contributed by atoms with van der Waals surface area (Å²) < 4.78 is 5.11. The molecule has 140 valence electrons. The minimum absolute atomic E-state index is 0.221. The summed E-state index contributed by atoms with van der Waals surface area (Å²) in [6, 6.07) is 2.06. The van der Waals surface area contributed by atoms with E-state index in [1.807, 2.05) is 6.92 Å². The molecule has 0 bridgehead atoms. The van der Waals surface area contributed by atoms with Crippen molar-refractivity contribution in [3.63, 3.8) is 0 Å². The third-order valence-corrected chi connectivity index (χ3v) is 5.24. The van der Waals surface area contributed by atoms with E-state index in [1.165, 1.54) is 17.7 Å². The number of esters is 1. The fourth-order valence-electron chi connectivity index (χ4n) is 2.77. The molecule has 0 aliphatic carbocycles. The number of aromatic nitrogens is 4. The minimum Gasteiger partial charge on any atom is -0.462 e. The normalized spacial score (nSPS) is 10.7. The average Bonchev–Trinajstić information content (AvgIpc) is 3.19. The zero-order chi connectivity index (χ0) is 19.4. The Labute approximate surface area is 159 Å². The van der Waals surface area contributed by atoms with Crippen molar-refractivity contribution >= 4 is 39.2 Å². The first kappa shape index (κ1) is 18.6. The van der Waals surface area contributed by atoms with E-state index in [0.29, 0.717) is 35.8 Å². The topological polar surface area (TPSA) is 143 Å². The molecule has 4 N–H and O–H groups in total. The van der Waals surface area contributed by atoms with Gasteiger partial charge < -0.3 is 15.8 Å². The second-order valence-corrected chi connectivity index (χ2v) is 6.78. The Morgan fingerprint density at radius 3 is 3.04 bits per heavy atom. The molecule has 3 heterocycles. The summed E-state index contributed by atoms with van der Waals surface area (Å²) in [5.74, 6) is 0.553. The number of aryl methyl sites for hydroxylation is 2. The predicted molar refractivity (Wildman–Crippen MR) is 103 cm³/mol. The number of nitrogens with one attached hydrogen (secondary N) is 2. The van der Waals surface area contributed by atoms with Crippen LogP contribution in [0, 0.1) is 18.3 Å². The van der Waals surface area contributed by atoms with Crippen LogP contribution in [0.15, 0.2) is 6.33 Å². The molecule has 0 aliphatic heterocycles. The number of rotatable bonds is 7. The molecule has 3 aromatic rings. The van der Waals surface area contributed by atoms with Gasteiger partial charge in [-0.1, -0.05) is 0 Å². The lowest BCUT2D eigenvalue weighted by Gasteiger charge is -2.07. The van der Waals surface area contributed by atoms with Crippen molar-refractivity contribution in [1.29, 1.82) is 5.26 Å². The van der Waals surface area contributed by atoms with Crippen LogP contribution in [-0.2, 0) is 11.2 Å². The third kappa shape index (κ3) is 3.68. The van der Waals surface area contributed by atoms with Crippen LogP contribution >= 0.6 is 11.3 Å². The van der Waals surface area contributed by atoms with Crippen LogP contribution in [0.5, 0.6) is 0 Å². The summed E-state index contributed by atoms with van der Waals surface area (Å²) >= 11 is 1.30. The monoisotopic (exact) mass is 385 g/mol. The first-order valence-corrected chi connectivity index (χ1v) is 9.26. The number of hydrogen-bond acceptors (Lipinski definition) is 9. The predicted octanol–water partition coefficient (Wildman–Crippen LogP) is 2.40. The Bertz CT molecular complexity index is 1020. The molecule has 3 rings (SSSR count). The van der Waals surface area contributed by atoms with Crippen molar-refractivity contribution < 1.29 is 9.53 Å². The third-order valence-electron chi connectivity index (χ3n) is 4.06. The number of carbonyl (C=O) groups excluding carboxylic acids is 1. The Hall–Kier alpha value is -3.19. The highest BCUT2D eigenvalue weighted by atomic mass is 32.1. The number of nitrogen functional groups attached to an aromatic ring is 1. The number of aromatic amines is 1. The number of hydrogen-bond donors (Lipinski definition) is 3. The van der Waals surface area contributed by atoms with E-state index in [-0.39, 0.29) is 11.8 Å². The van der Waals surface area contributed by atoms with Gasteiger partial charge in [0.2, 0.25) is 0 Å². The van der Waals surface area contributed by atoms with Gasteiger partial charge in [-0.25, -0.2) is 14.8 Å². The molecule has 0 aromatic carbocycles. The van der Waals surface area contributed by atoms with Crippen molar-refractivity contribution in [2.45, 2.75) is 26.7 Å². The lowest BCUT2D eigenvalue weighted by molar-refractivity contribution is 0.0531. The first-order valence-electron chi connectivity index (χ1n) is 8.44. The van der Waals surface area contributed by atoms with Crippen LogP contribution < -0.4 is 11.1 Å². The van der Waals surface area contributed by atoms with Crippen molar-refractivity contribution in [2.75, 3.05) is 24.2 Å². The number of anilines is 2. The molecule has 0 fully saturated rings. The molecular formula is C17H19N7O2S. The zero-order valence-electron chi connectivity index (χ0n) is 15.0. The summed E-state index contributed by atoms with van der Waals surface area (Å²) in [7, 11) is 0. The highest BCUT2D eigenvalue weighted by molar-refractivity contribution is 7.20. The van der Waals surface area contributed by atoms with Gasteiger partial charge in [-0.05, 0) is 32.3 Å². The SMILES string of the molecule is CCOC(=O)c1sc2ncnc(NCCCc3[nH]nc(N)c3C#N)c2c1C. The second kappa shape index (κ2) is 8.01. The number of H-pyrrole nitrogens is 1. The molecule has 0 saturated heterocycles. The molecule has 3 aromatic heterocycles.